The highest BCUT2D eigenvalue weighted by molar-refractivity contribution is 5.72. The second-order valence-corrected chi connectivity index (χ2v) is 8.30. The number of piperidine rings is 1. The number of nitrogens with one attached hydrogen (secondary N) is 1. The van der Waals surface area contributed by atoms with Crippen molar-refractivity contribution < 1.29 is 19.4 Å². The molecule has 0 radical (unpaired) electrons. The highest BCUT2D eigenvalue weighted by Crippen LogP contribution is 2.19. The van der Waals surface area contributed by atoms with Crippen LogP contribution >= 0.6 is 0 Å². The summed E-state index contributed by atoms with van der Waals surface area (Å²) in [6, 6.07) is 16.5. The number of methoxy groups -OCH3 is 1. The van der Waals surface area contributed by atoms with E-state index >= 15 is 0 Å². The molecular formula is C25H34N2O4. The molecule has 0 bridgehead atoms. The van der Waals surface area contributed by atoms with Crippen LogP contribution in [0.5, 0.6) is 5.75 Å². The lowest BCUT2D eigenvalue weighted by Gasteiger charge is -2.31. The Morgan fingerprint density at radius 2 is 1.84 bits per heavy atom. The van der Waals surface area contributed by atoms with Crippen molar-refractivity contribution in [1.29, 1.82) is 0 Å². The first-order valence-corrected chi connectivity index (χ1v) is 11.0. The fraction of sp³-hybridized carbons (Fsp3) is 0.480. The molecule has 0 unspecified atom stereocenters. The van der Waals surface area contributed by atoms with Crippen LogP contribution in [-0.2, 0) is 22.6 Å². The zero-order chi connectivity index (χ0) is 22.1. The molecule has 2 N–H and O–H groups in total. The molecule has 1 aliphatic rings. The molecule has 0 spiro atoms. The second kappa shape index (κ2) is 11.8. The van der Waals surface area contributed by atoms with Gasteiger partial charge in [0.05, 0.1) is 13.0 Å². The van der Waals surface area contributed by atoms with Crippen molar-refractivity contribution in [1.82, 2.24) is 10.2 Å². The smallest absolute Gasteiger partial charge is 0.308 e. The van der Waals surface area contributed by atoms with Crippen LogP contribution in [0.2, 0.25) is 0 Å². The van der Waals surface area contributed by atoms with Crippen molar-refractivity contribution in [2.24, 2.45) is 5.92 Å². The largest absolute Gasteiger partial charge is 0.491 e. The highest BCUT2D eigenvalue weighted by Gasteiger charge is 2.26. The number of nitrogens with zero attached hydrogens (tertiary/aromatic N) is 1. The Balaban J connectivity index is 1.34. The number of likely N-dealkylation sites (tertiary alicyclic amines) is 1. The molecule has 168 valence electrons. The number of rotatable bonds is 10. The predicted molar refractivity (Wildman–Crippen MR) is 121 cm³/mol. The van der Waals surface area contributed by atoms with E-state index in [1.165, 1.54) is 23.8 Å². The van der Waals surface area contributed by atoms with Gasteiger partial charge in [0, 0.05) is 19.6 Å². The predicted octanol–water partition coefficient (Wildman–Crippen LogP) is 2.91. The van der Waals surface area contributed by atoms with Crippen molar-refractivity contribution in [3.05, 3.63) is 65.2 Å². The van der Waals surface area contributed by atoms with Gasteiger partial charge in [0.1, 0.15) is 18.5 Å². The SMILES string of the molecule is COC(=O)C1CCN(C[C@H](O)COc2ccc(CNCc3cccc(C)c3)cc2)CC1. The summed E-state index contributed by atoms with van der Waals surface area (Å²) in [5.41, 5.74) is 3.74. The third-order valence-electron chi connectivity index (χ3n) is 5.70. The van der Waals surface area contributed by atoms with E-state index in [4.69, 9.17) is 9.47 Å². The van der Waals surface area contributed by atoms with Crippen LogP contribution in [0.4, 0.5) is 0 Å². The molecule has 0 aliphatic carbocycles. The molecule has 1 saturated heterocycles. The van der Waals surface area contributed by atoms with Gasteiger partial charge in [0.2, 0.25) is 0 Å². The minimum Gasteiger partial charge on any atom is -0.491 e. The summed E-state index contributed by atoms with van der Waals surface area (Å²) in [6.45, 7) is 6.12. The van der Waals surface area contributed by atoms with E-state index < -0.39 is 6.10 Å². The molecule has 0 aromatic heterocycles. The van der Waals surface area contributed by atoms with Gasteiger partial charge in [0.15, 0.2) is 0 Å². The van der Waals surface area contributed by atoms with Crippen LogP contribution < -0.4 is 10.1 Å². The van der Waals surface area contributed by atoms with E-state index in [0.29, 0.717) is 6.54 Å². The minimum atomic E-state index is -0.564. The standard InChI is InChI=1S/C25H34N2O4/c1-19-4-3-5-21(14-19)16-26-15-20-6-8-24(9-7-20)31-18-23(28)17-27-12-10-22(11-13-27)25(29)30-2/h3-9,14,22-23,26,28H,10-13,15-18H2,1-2H3/t23-/m0/s1. The van der Waals surface area contributed by atoms with Crippen LogP contribution in [0.3, 0.4) is 0 Å². The Morgan fingerprint density at radius 1 is 1.13 bits per heavy atom. The molecule has 2 aromatic rings. The number of carbonyl (C=O) groups excluding carboxylic acids is 1. The maximum Gasteiger partial charge on any atom is 0.308 e. The molecular weight excluding hydrogens is 392 g/mol. The zero-order valence-electron chi connectivity index (χ0n) is 18.5. The molecule has 0 amide bonds. The quantitative estimate of drug-likeness (QED) is 0.570. The molecule has 1 aliphatic heterocycles. The van der Waals surface area contributed by atoms with E-state index in [0.717, 1.165) is 44.8 Å². The van der Waals surface area contributed by atoms with E-state index in [-0.39, 0.29) is 18.5 Å². The summed E-state index contributed by atoms with van der Waals surface area (Å²) in [5, 5.41) is 13.8. The second-order valence-electron chi connectivity index (χ2n) is 8.30. The summed E-state index contributed by atoms with van der Waals surface area (Å²) in [7, 11) is 1.43. The fourth-order valence-corrected chi connectivity index (χ4v) is 3.94. The Hall–Kier alpha value is -2.41. The molecule has 1 heterocycles. The Bertz CT molecular complexity index is 817. The average Bonchev–Trinajstić information content (AvgIpc) is 2.78. The third-order valence-corrected chi connectivity index (χ3v) is 5.70. The lowest BCUT2D eigenvalue weighted by atomic mass is 9.97. The molecule has 2 aromatic carbocycles. The lowest BCUT2D eigenvalue weighted by molar-refractivity contribution is -0.147. The summed E-state index contributed by atoms with van der Waals surface area (Å²) < 4.78 is 10.6. The van der Waals surface area contributed by atoms with Gasteiger partial charge >= 0.3 is 5.97 Å². The number of benzene rings is 2. The van der Waals surface area contributed by atoms with Crippen molar-refractivity contribution in [3.8, 4) is 5.75 Å². The van der Waals surface area contributed by atoms with Crippen LogP contribution in [0.25, 0.3) is 0 Å². The molecule has 1 fully saturated rings. The van der Waals surface area contributed by atoms with E-state index in [1.807, 2.05) is 24.3 Å². The number of esters is 1. The minimum absolute atomic E-state index is 0.0144. The summed E-state index contributed by atoms with van der Waals surface area (Å²) in [4.78, 5) is 13.8. The Kier molecular flexibility index (Phi) is 8.88. The lowest BCUT2D eigenvalue weighted by Crippen LogP contribution is -2.42. The number of aliphatic hydroxyl groups is 1. The number of β-amino-alcohol motifs (C(OH)–C–C–N with tert-alkyl or cyclic N) is 1. The molecule has 6 nitrogen and oxygen atoms in total. The summed E-state index contributed by atoms with van der Waals surface area (Å²) >= 11 is 0. The first-order chi connectivity index (χ1) is 15.0. The van der Waals surface area contributed by atoms with Crippen LogP contribution in [0.1, 0.15) is 29.5 Å². The van der Waals surface area contributed by atoms with Crippen LogP contribution in [0.15, 0.2) is 48.5 Å². The maximum absolute atomic E-state index is 11.6. The highest BCUT2D eigenvalue weighted by atomic mass is 16.5. The summed E-state index contributed by atoms with van der Waals surface area (Å²) in [6.07, 6.45) is 0.990. The van der Waals surface area contributed by atoms with Crippen LogP contribution in [-0.4, -0.2) is 55.4 Å². The van der Waals surface area contributed by atoms with Gasteiger partial charge in [-0.25, -0.2) is 0 Å². The van der Waals surface area contributed by atoms with Crippen LogP contribution in [0, 0.1) is 12.8 Å². The Morgan fingerprint density at radius 3 is 2.52 bits per heavy atom. The monoisotopic (exact) mass is 426 g/mol. The van der Waals surface area contributed by atoms with Crippen molar-refractivity contribution in [2.45, 2.75) is 39.0 Å². The van der Waals surface area contributed by atoms with Crippen molar-refractivity contribution in [2.75, 3.05) is 33.4 Å². The van der Waals surface area contributed by atoms with E-state index in [1.54, 1.807) is 0 Å². The van der Waals surface area contributed by atoms with Gasteiger partial charge in [-0.15, -0.1) is 0 Å². The molecule has 1 atom stereocenters. The fourth-order valence-electron chi connectivity index (χ4n) is 3.94. The number of aryl methyl sites for hydroxylation is 1. The van der Waals surface area contributed by atoms with Gasteiger partial charge < -0.3 is 24.8 Å². The van der Waals surface area contributed by atoms with Gasteiger partial charge in [-0.2, -0.15) is 0 Å². The van der Waals surface area contributed by atoms with Gasteiger partial charge in [0.25, 0.3) is 0 Å². The normalized spacial score (nSPS) is 16.1. The number of aliphatic hydroxyl groups excluding tert-OH is 1. The maximum atomic E-state index is 11.6. The first kappa shape index (κ1) is 23.3. The summed E-state index contributed by atoms with van der Waals surface area (Å²) in [5.74, 6) is 0.614. The number of carbonyl (C=O) groups is 1. The average molecular weight is 427 g/mol. The van der Waals surface area contributed by atoms with Crippen molar-refractivity contribution >= 4 is 5.97 Å². The van der Waals surface area contributed by atoms with Gasteiger partial charge in [-0.1, -0.05) is 42.0 Å². The Labute approximate surface area is 185 Å². The number of ether oxygens (including phenoxy) is 2. The molecule has 31 heavy (non-hydrogen) atoms. The molecule has 0 saturated carbocycles. The number of hydrogen-bond donors (Lipinski definition) is 2. The van der Waals surface area contributed by atoms with E-state index in [9.17, 15) is 9.90 Å². The molecule has 3 rings (SSSR count). The molecule has 6 heteroatoms. The first-order valence-electron chi connectivity index (χ1n) is 11.0. The van der Waals surface area contributed by atoms with Gasteiger partial charge in [-0.3, -0.25) is 4.79 Å². The topological polar surface area (TPSA) is 71.0 Å². The van der Waals surface area contributed by atoms with Crippen molar-refractivity contribution in [3.63, 3.8) is 0 Å². The number of hydrogen-bond acceptors (Lipinski definition) is 6. The van der Waals surface area contributed by atoms with E-state index in [2.05, 4.69) is 41.4 Å². The van der Waals surface area contributed by atoms with Gasteiger partial charge in [-0.05, 0) is 56.1 Å². The zero-order valence-corrected chi connectivity index (χ0v) is 18.5. The third kappa shape index (κ3) is 7.65.